The quantitative estimate of drug-likeness (QED) is 0.462. The largest absolute Gasteiger partial charge is 0.475 e. The Morgan fingerprint density at radius 1 is 1.02 bits per heavy atom. The maximum atomic E-state index is 14.2. The van der Waals surface area contributed by atoms with Crippen LogP contribution in [0.5, 0.6) is 5.88 Å². The molecule has 2 aliphatic heterocycles. The van der Waals surface area contributed by atoms with Gasteiger partial charge in [0.1, 0.15) is 13.2 Å². The summed E-state index contributed by atoms with van der Waals surface area (Å²) < 4.78 is 41.3. The van der Waals surface area contributed by atoms with E-state index in [0.717, 1.165) is 16.7 Å². The van der Waals surface area contributed by atoms with Gasteiger partial charge in [-0.25, -0.2) is 18.1 Å². The number of nitrogens with one attached hydrogen (secondary N) is 1. The molecule has 234 valence electrons. The van der Waals surface area contributed by atoms with E-state index in [1.165, 1.54) is 23.1 Å². The van der Waals surface area contributed by atoms with Gasteiger partial charge in [0.25, 0.3) is 15.9 Å². The number of benzene rings is 2. The molecule has 1 aromatic heterocycles. The second-order valence-electron chi connectivity index (χ2n) is 12.5. The summed E-state index contributed by atoms with van der Waals surface area (Å²) >= 11 is 0. The molecule has 5 rings (SSSR count). The van der Waals surface area contributed by atoms with Crippen LogP contribution in [0.1, 0.15) is 48.7 Å². The van der Waals surface area contributed by atoms with Crippen molar-refractivity contribution in [1.82, 2.24) is 19.8 Å². The highest BCUT2D eigenvalue weighted by molar-refractivity contribution is 7.92. The van der Waals surface area contributed by atoms with E-state index in [-0.39, 0.29) is 46.8 Å². The summed E-state index contributed by atoms with van der Waals surface area (Å²) in [5.41, 5.74) is 3.15. The maximum Gasteiger partial charge on any atom is 0.264 e. The molecule has 2 aromatic carbocycles. The number of amides is 2. The Hall–Kier alpha value is -4.03. The summed E-state index contributed by atoms with van der Waals surface area (Å²) in [6.45, 7) is 11.6. The van der Waals surface area contributed by atoms with Crippen LogP contribution in [0, 0.1) is 19.3 Å². The Morgan fingerprint density at radius 3 is 2.39 bits per heavy atom. The highest BCUT2D eigenvalue weighted by Crippen LogP contribution is 2.31. The number of hydrogen-bond donors (Lipinski definition) is 1. The van der Waals surface area contributed by atoms with E-state index in [2.05, 4.69) is 35.5 Å². The number of sulfonamides is 1. The van der Waals surface area contributed by atoms with Crippen molar-refractivity contribution < 1.29 is 27.5 Å². The van der Waals surface area contributed by atoms with Gasteiger partial charge < -0.3 is 19.3 Å². The van der Waals surface area contributed by atoms with E-state index < -0.39 is 22.0 Å². The molecule has 0 spiro atoms. The minimum absolute atomic E-state index is 0.0223. The van der Waals surface area contributed by atoms with Crippen molar-refractivity contribution in [2.75, 3.05) is 44.2 Å². The lowest BCUT2D eigenvalue weighted by Gasteiger charge is -2.37. The highest BCUT2D eigenvalue weighted by Gasteiger charge is 2.34. The first-order valence-corrected chi connectivity index (χ1v) is 16.2. The third kappa shape index (κ3) is 7.19. The number of fused-ring (bicyclic) bond motifs is 4. The first kappa shape index (κ1) is 31.4. The molecule has 1 N–H and O–H groups in total. The zero-order chi connectivity index (χ0) is 31.6. The topological polar surface area (TPSA) is 131 Å². The van der Waals surface area contributed by atoms with Crippen molar-refractivity contribution >= 4 is 27.8 Å². The fourth-order valence-electron chi connectivity index (χ4n) is 5.61. The van der Waals surface area contributed by atoms with Crippen LogP contribution in [0.25, 0.3) is 11.3 Å². The summed E-state index contributed by atoms with van der Waals surface area (Å²) in [6.07, 6.45) is 0.507. The summed E-state index contributed by atoms with van der Waals surface area (Å²) in [4.78, 5) is 39.7. The summed E-state index contributed by atoms with van der Waals surface area (Å²) in [5, 5.41) is 0. The van der Waals surface area contributed by atoms with Crippen molar-refractivity contribution in [3.63, 3.8) is 0 Å². The minimum Gasteiger partial charge on any atom is -0.475 e. The van der Waals surface area contributed by atoms with Gasteiger partial charge in [-0.05, 0) is 55.0 Å². The van der Waals surface area contributed by atoms with Crippen molar-refractivity contribution in [3.05, 3.63) is 65.2 Å². The van der Waals surface area contributed by atoms with Gasteiger partial charge in [0.15, 0.2) is 0 Å². The van der Waals surface area contributed by atoms with Gasteiger partial charge >= 0.3 is 0 Å². The van der Waals surface area contributed by atoms with Gasteiger partial charge in [0, 0.05) is 30.3 Å². The summed E-state index contributed by atoms with van der Waals surface area (Å²) in [5.74, 6) is -0.679. The van der Waals surface area contributed by atoms with Crippen LogP contribution in [0.3, 0.4) is 0 Å². The molecule has 2 aliphatic rings. The van der Waals surface area contributed by atoms with Gasteiger partial charge in [-0.15, -0.1) is 0 Å². The molecule has 11 nitrogen and oxygen atoms in total. The van der Waals surface area contributed by atoms with Crippen LogP contribution < -0.4 is 9.46 Å². The Labute approximate surface area is 258 Å². The molecule has 1 saturated heterocycles. The van der Waals surface area contributed by atoms with Gasteiger partial charge in [-0.2, -0.15) is 4.98 Å². The predicted molar refractivity (Wildman–Crippen MR) is 166 cm³/mol. The molecule has 12 heteroatoms. The number of aromatic nitrogens is 2. The maximum absolute atomic E-state index is 14.2. The van der Waals surface area contributed by atoms with Crippen LogP contribution in [0.4, 0.5) is 5.95 Å². The Balaban J connectivity index is 1.64. The molecule has 4 bridgehead atoms. The molecule has 1 atom stereocenters. The van der Waals surface area contributed by atoms with Crippen LogP contribution in [0.2, 0.25) is 0 Å². The van der Waals surface area contributed by atoms with E-state index in [4.69, 9.17) is 9.47 Å². The Bertz CT molecular complexity index is 1640. The Morgan fingerprint density at radius 2 is 1.70 bits per heavy atom. The van der Waals surface area contributed by atoms with E-state index >= 15 is 0 Å². The standard InChI is InChI=1S/C32H39N5O6S/c1-21-8-6-9-22(2)29(21)26-17-27-34-31(33-26)35-44(40,41)25-11-7-10-23(16-25)30(39)37(24(20-43-27)18-32(3,4)5)19-28(38)36-12-14-42-15-13-36/h6-11,16-17,24H,12-15,18-20H2,1-5H3,(H,33,34,35)/t24-/m1/s1. The average Bonchev–Trinajstić information content (AvgIpc) is 2.97. The second kappa shape index (κ2) is 12.5. The van der Waals surface area contributed by atoms with Crippen molar-refractivity contribution in [3.8, 4) is 17.1 Å². The zero-order valence-electron chi connectivity index (χ0n) is 25.8. The van der Waals surface area contributed by atoms with Crippen molar-refractivity contribution in [2.45, 2.75) is 52.0 Å². The van der Waals surface area contributed by atoms with Crippen molar-refractivity contribution in [1.29, 1.82) is 0 Å². The van der Waals surface area contributed by atoms with Crippen LogP contribution in [-0.4, -0.2) is 85.5 Å². The molecule has 3 heterocycles. The normalized spacial score (nSPS) is 18.8. The second-order valence-corrected chi connectivity index (χ2v) is 14.2. The van der Waals surface area contributed by atoms with Crippen LogP contribution in [0.15, 0.2) is 53.4 Å². The van der Waals surface area contributed by atoms with Crippen LogP contribution >= 0.6 is 0 Å². The zero-order valence-corrected chi connectivity index (χ0v) is 26.6. The number of aryl methyl sites for hydroxylation is 2. The first-order valence-electron chi connectivity index (χ1n) is 14.7. The third-order valence-corrected chi connectivity index (χ3v) is 9.03. The molecule has 0 unspecified atom stereocenters. The fraction of sp³-hybridized carbons (Fsp3) is 0.438. The smallest absolute Gasteiger partial charge is 0.264 e. The minimum atomic E-state index is -4.19. The number of anilines is 1. The SMILES string of the molecule is Cc1cccc(C)c1-c1cc2nc(n1)NS(=O)(=O)c1cccc(c1)C(=O)N(CC(=O)N1CCOCC1)[C@H](CC(C)(C)C)CO2. The first-order chi connectivity index (χ1) is 20.8. The number of nitrogens with zero attached hydrogens (tertiary/aromatic N) is 4. The van der Waals surface area contributed by atoms with E-state index in [9.17, 15) is 18.0 Å². The van der Waals surface area contributed by atoms with E-state index in [1.807, 2.05) is 32.0 Å². The fourth-order valence-corrected chi connectivity index (χ4v) is 6.59. The monoisotopic (exact) mass is 621 g/mol. The Kier molecular flexibility index (Phi) is 8.94. The van der Waals surface area contributed by atoms with Crippen LogP contribution in [-0.2, 0) is 19.6 Å². The molecule has 1 fully saturated rings. The highest BCUT2D eigenvalue weighted by atomic mass is 32.2. The van der Waals surface area contributed by atoms with Gasteiger partial charge in [-0.1, -0.05) is 45.0 Å². The van der Waals surface area contributed by atoms with Gasteiger partial charge in [0.05, 0.1) is 29.8 Å². The molecule has 0 aliphatic carbocycles. The summed E-state index contributed by atoms with van der Waals surface area (Å²) in [7, 11) is -4.19. The predicted octanol–water partition coefficient (Wildman–Crippen LogP) is 4.06. The number of carbonyl (C=O) groups is 2. The lowest BCUT2D eigenvalue weighted by Crippen LogP contribution is -2.52. The average molecular weight is 622 g/mol. The number of hydrogen-bond acceptors (Lipinski definition) is 8. The molecule has 2 amide bonds. The lowest BCUT2D eigenvalue weighted by molar-refractivity contribution is -0.136. The number of rotatable bonds is 4. The number of morpholine rings is 1. The lowest BCUT2D eigenvalue weighted by atomic mass is 9.87. The molecule has 0 saturated carbocycles. The number of carbonyl (C=O) groups excluding carboxylic acids is 2. The summed E-state index contributed by atoms with van der Waals surface area (Å²) in [6, 6.07) is 12.8. The molecule has 3 aromatic rings. The molecular weight excluding hydrogens is 582 g/mol. The van der Waals surface area contributed by atoms with Gasteiger partial charge in [0.2, 0.25) is 17.7 Å². The molecule has 0 radical (unpaired) electrons. The molecule has 44 heavy (non-hydrogen) atoms. The van der Waals surface area contributed by atoms with E-state index in [1.54, 1.807) is 17.0 Å². The van der Waals surface area contributed by atoms with Crippen molar-refractivity contribution in [2.24, 2.45) is 5.41 Å². The third-order valence-electron chi connectivity index (χ3n) is 7.70. The van der Waals surface area contributed by atoms with Gasteiger partial charge in [-0.3, -0.25) is 9.59 Å². The number of ether oxygens (including phenoxy) is 2. The molecular formula is C32H39N5O6S. The van der Waals surface area contributed by atoms with E-state index in [0.29, 0.717) is 38.4 Å².